The second-order valence-electron chi connectivity index (χ2n) is 13.3. The van der Waals surface area contributed by atoms with Crippen LogP contribution < -0.4 is 0 Å². The highest BCUT2D eigenvalue weighted by atomic mass is 28.4. The summed E-state index contributed by atoms with van der Waals surface area (Å²) in [5.41, 5.74) is -0.971. The number of esters is 1. The van der Waals surface area contributed by atoms with Gasteiger partial charge >= 0.3 is 5.97 Å². The van der Waals surface area contributed by atoms with Crippen molar-refractivity contribution in [1.29, 1.82) is 0 Å². The van der Waals surface area contributed by atoms with Crippen LogP contribution in [-0.4, -0.2) is 44.2 Å². The molecule has 0 saturated heterocycles. The van der Waals surface area contributed by atoms with Crippen molar-refractivity contribution in [2.75, 3.05) is 6.61 Å². The molecule has 0 aliphatic carbocycles. The fraction of sp³-hybridized carbons (Fsp3) is 0.700. The van der Waals surface area contributed by atoms with Crippen LogP contribution in [0.2, 0.25) is 18.1 Å². The number of ketones is 2. The molecule has 0 N–H and O–H groups in total. The average Bonchev–Trinajstić information content (AvgIpc) is 2.74. The number of benzene rings is 1. The molecule has 0 unspecified atom stereocenters. The molecule has 210 valence electrons. The third-order valence-corrected chi connectivity index (χ3v) is 11.7. The van der Waals surface area contributed by atoms with E-state index in [4.69, 9.17) is 13.9 Å². The lowest BCUT2D eigenvalue weighted by atomic mass is 9.74. The Morgan fingerprint density at radius 3 is 1.92 bits per heavy atom. The molecule has 3 atom stereocenters. The molecule has 0 aromatic heterocycles. The second kappa shape index (κ2) is 12.8. The van der Waals surface area contributed by atoms with Crippen molar-refractivity contribution < 1.29 is 28.3 Å². The Morgan fingerprint density at radius 2 is 1.43 bits per heavy atom. The van der Waals surface area contributed by atoms with Gasteiger partial charge in [0.2, 0.25) is 0 Å². The summed E-state index contributed by atoms with van der Waals surface area (Å²) >= 11 is 0. The molecule has 1 aromatic carbocycles. The Morgan fingerprint density at radius 1 is 0.892 bits per heavy atom. The first-order valence-corrected chi connectivity index (χ1v) is 16.2. The van der Waals surface area contributed by atoms with Crippen LogP contribution in [0.15, 0.2) is 30.3 Å². The molecule has 0 spiro atoms. The molecule has 0 aliphatic rings. The van der Waals surface area contributed by atoms with Gasteiger partial charge in [-0.2, -0.15) is 0 Å². The Hall–Kier alpha value is -1.83. The maximum atomic E-state index is 13.8. The summed E-state index contributed by atoms with van der Waals surface area (Å²) in [5, 5.41) is -0.0549. The molecule has 0 heterocycles. The summed E-state index contributed by atoms with van der Waals surface area (Å²) in [5.74, 6) is -1.96. The minimum Gasteiger partial charge on any atom is -0.460 e. The number of rotatable bonds is 13. The van der Waals surface area contributed by atoms with Crippen molar-refractivity contribution in [3.05, 3.63) is 35.9 Å². The van der Waals surface area contributed by atoms with Gasteiger partial charge in [0.1, 0.15) is 12.0 Å². The van der Waals surface area contributed by atoms with Crippen LogP contribution in [0.5, 0.6) is 0 Å². The SMILES string of the molecule is C[C@@H](COCc1ccccc1)[C@H](O[Si](C)(C)C(C)(C)C)[C@@H](C)C(=O)C(C)(C)C(=O)CC(=O)OC(C)(C)C. The van der Waals surface area contributed by atoms with E-state index in [2.05, 4.69) is 33.9 Å². The Bertz CT molecular complexity index is 908. The van der Waals surface area contributed by atoms with E-state index in [9.17, 15) is 14.4 Å². The highest BCUT2D eigenvalue weighted by Crippen LogP contribution is 2.40. The number of hydrogen-bond donors (Lipinski definition) is 0. The fourth-order valence-corrected chi connectivity index (χ4v) is 5.32. The third-order valence-electron chi connectivity index (χ3n) is 7.23. The van der Waals surface area contributed by atoms with Crippen molar-refractivity contribution in [3.8, 4) is 0 Å². The summed E-state index contributed by atoms with van der Waals surface area (Å²) in [7, 11) is -2.25. The van der Waals surface area contributed by atoms with E-state index in [1.165, 1.54) is 0 Å². The number of Topliss-reactive ketones (excluding diaryl/α,β-unsaturated/α-hetero) is 2. The number of ether oxygens (including phenoxy) is 2. The molecule has 37 heavy (non-hydrogen) atoms. The van der Waals surface area contributed by atoms with Gasteiger partial charge in [0, 0.05) is 11.8 Å². The Labute approximate surface area is 226 Å². The van der Waals surface area contributed by atoms with Gasteiger partial charge in [0.05, 0.1) is 24.7 Å². The average molecular weight is 535 g/mol. The van der Waals surface area contributed by atoms with Gasteiger partial charge in [-0.3, -0.25) is 14.4 Å². The molecule has 1 aromatic rings. The predicted octanol–water partition coefficient (Wildman–Crippen LogP) is 6.76. The van der Waals surface area contributed by atoms with Gasteiger partial charge in [-0.05, 0) is 58.3 Å². The highest BCUT2D eigenvalue weighted by Gasteiger charge is 2.46. The smallest absolute Gasteiger partial charge is 0.313 e. The first-order valence-electron chi connectivity index (χ1n) is 13.3. The molecule has 1 rings (SSSR count). The normalized spacial score (nSPS) is 15.6. The minimum absolute atomic E-state index is 0.0549. The van der Waals surface area contributed by atoms with Gasteiger partial charge in [-0.25, -0.2) is 0 Å². The maximum Gasteiger partial charge on any atom is 0.313 e. The standard InChI is InChI=1S/C30H50O6Si/c1-21(19-34-20-23-16-14-13-15-17-23)26(36-37(11,12)29(6,7)8)22(2)27(33)30(9,10)24(31)18-25(32)35-28(3,4)5/h13-17,21-22,26H,18-20H2,1-12H3/t21-,22+,26-/m0/s1. The Balaban J connectivity index is 3.10. The minimum atomic E-state index is -2.25. The second-order valence-corrected chi connectivity index (χ2v) is 18.0. The molecule has 0 amide bonds. The largest absolute Gasteiger partial charge is 0.460 e. The van der Waals surface area contributed by atoms with Crippen LogP contribution in [0.25, 0.3) is 0 Å². The van der Waals surface area contributed by atoms with Gasteiger partial charge in [0.15, 0.2) is 19.9 Å². The first kappa shape index (κ1) is 33.2. The molecular weight excluding hydrogens is 484 g/mol. The van der Waals surface area contributed by atoms with Crippen LogP contribution in [0.4, 0.5) is 0 Å². The van der Waals surface area contributed by atoms with Crippen molar-refractivity contribution in [3.63, 3.8) is 0 Å². The van der Waals surface area contributed by atoms with Crippen LogP contribution in [0.1, 0.15) is 81.2 Å². The molecule has 0 bridgehead atoms. The zero-order valence-corrected chi connectivity index (χ0v) is 26.2. The lowest BCUT2D eigenvalue weighted by molar-refractivity contribution is -0.158. The summed E-state index contributed by atoms with van der Waals surface area (Å²) in [6, 6.07) is 9.94. The van der Waals surface area contributed by atoms with Gasteiger partial charge < -0.3 is 13.9 Å². The number of carbonyl (C=O) groups excluding carboxylic acids is 3. The topological polar surface area (TPSA) is 78.9 Å². The third kappa shape index (κ3) is 10.1. The van der Waals surface area contributed by atoms with Crippen molar-refractivity contribution in [1.82, 2.24) is 0 Å². The lowest BCUT2D eigenvalue weighted by Crippen LogP contribution is -2.51. The van der Waals surface area contributed by atoms with Gasteiger partial charge in [-0.15, -0.1) is 0 Å². The van der Waals surface area contributed by atoms with E-state index >= 15 is 0 Å². The number of hydrogen-bond acceptors (Lipinski definition) is 6. The maximum absolute atomic E-state index is 13.8. The van der Waals surface area contributed by atoms with E-state index in [1.807, 2.05) is 44.2 Å². The Kier molecular flexibility index (Phi) is 11.5. The zero-order valence-electron chi connectivity index (χ0n) is 25.2. The van der Waals surface area contributed by atoms with Crippen LogP contribution in [0, 0.1) is 17.3 Å². The van der Waals surface area contributed by atoms with Crippen molar-refractivity contribution in [2.24, 2.45) is 17.3 Å². The summed E-state index contributed by atoms with van der Waals surface area (Å²) in [6.45, 7) is 24.0. The van der Waals surface area contributed by atoms with E-state index in [1.54, 1.807) is 34.6 Å². The summed E-state index contributed by atoms with van der Waals surface area (Å²) in [6.07, 6.45) is -0.871. The zero-order chi connectivity index (χ0) is 28.8. The van der Waals surface area contributed by atoms with E-state index in [-0.39, 0.29) is 16.7 Å². The lowest BCUT2D eigenvalue weighted by Gasteiger charge is -2.43. The molecule has 0 aliphatic heterocycles. The summed E-state index contributed by atoms with van der Waals surface area (Å²) in [4.78, 5) is 39.2. The molecule has 0 radical (unpaired) electrons. The fourth-order valence-electron chi connectivity index (χ4n) is 3.85. The number of carbonyl (C=O) groups is 3. The highest BCUT2D eigenvalue weighted by molar-refractivity contribution is 6.74. The monoisotopic (exact) mass is 534 g/mol. The molecule has 0 fully saturated rings. The predicted molar refractivity (Wildman–Crippen MR) is 151 cm³/mol. The van der Waals surface area contributed by atoms with Gasteiger partial charge in [0.25, 0.3) is 0 Å². The van der Waals surface area contributed by atoms with E-state index in [0.717, 1.165) is 5.56 Å². The first-order chi connectivity index (χ1) is 16.7. The molecule has 6 nitrogen and oxygen atoms in total. The van der Waals surface area contributed by atoms with Crippen molar-refractivity contribution in [2.45, 2.75) is 112 Å². The molecule has 7 heteroatoms. The van der Waals surface area contributed by atoms with Crippen molar-refractivity contribution >= 4 is 25.9 Å². The van der Waals surface area contributed by atoms with Crippen LogP contribution in [0.3, 0.4) is 0 Å². The van der Waals surface area contributed by atoms with E-state index in [0.29, 0.717) is 13.2 Å². The quantitative estimate of drug-likeness (QED) is 0.158. The van der Waals surface area contributed by atoms with Crippen LogP contribution >= 0.6 is 0 Å². The molecule has 0 saturated carbocycles. The van der Waals surface area contributed by atoms with Crippen LogP contribution in [-0.2, 0) is 34.9 Å². The molecular formula is C30H50O6Si. The van der Waals surface area contributed by atoms with E-state index < -0.39 is 49.5 Å². The summed E-state index contributed by atoms with van der Waals surface area (Å²) < 4.78 is 18.1. The van der Waals surface area contributed by atoms with Gasteiger partial charge in [-0.1, -0.05) is 65.0 Å².